The van der Waals surface area contributed by atoms with Gasteiger partial charge >= 0.3 is 0 Å². The maximum atomic E-state index is 12.1. The molecule has 0 saturated carbocycles. The molecule has 0 fully saturated rings. The minimum absolute atomic E-state index is 0.0720. The summed E-state index contributed by atoms with van der Waals surface area (Å²) in [6.45, 7) is 5.60. The highest BCUT2D eigenvalue weighted by Gasteiger charge is 2.18. The Kier molecular flexibility index (Phi) is 4.10. The zero-order chi connectivity index (χ0) is 14.8. The maximum Gasteiger partial charge on any atom is 0.261 e. The third kappa shape index (κ3) is 3.18. The van der Waals surface area contributed by atoms with Crippen molar-refractivity contribution in [3.63, 3.8) is 0 Å². The van der Waals surface area contributed by atoms with Crippen LogP contribution in [0.2, 0.25) is 0 Å². The van der Waals surface area contributed by atoms with Crippen LogP contribution in [0.15, 0.2) is 12.1 Å². The van der Waals surface area contributed by atoms with Gasteiger partial charge in [0.15, 0.2) is 0 Å². The number of amides is 1. The molecule has 0 spiro atoms. The fourth-order valence-corrected chi connectivity index (χ4v) is 4.03. The Morgan fingerprint density at radius 1 is 1.38 bits per heavy atom. The SMILES string of the molecule is Cc1cc(C)n(CCCNC(=O)c2cc3c(s2)CCC3)n1. The summed E-state index contributed by atoms with van der Waals surface area (Å²) >= 11 is 1.66. The Morgan fingerprint density at radius 3 is 2.95 bits per heavy atom. The predicted molar refractivity (Wildman–Crippen MR) is 85.0 cm³/mol. The average molecular weight is 303 g/mol. The molecule has 1 aliphatic carbocycles. The maximum absolute atomic E-state index is 12.1. The monoisotopic (exact) mass is 303 g/mol. The van der Waals surface area contributed by atoms with Crippen molar-refractivity contribution in [3.8, 4) is 0 Å². The van der Waals surface area contributed by atoms with Crippen molar-refractivity contribution in [2.75, 3.05) is 6.54 Å². The van der Waals surface area contributed by atoms with E-state index in [1.54, 1.807) is 11.3 Å². The van der Waals surface area contributed by atoms with Crippen molar-refractivity contribution in [2.24, 2.45) is 0 Å². The Bertz CT molecular complexity index is 635. The number of hydrogen-bond donors (Lipinski definition) is 1. The van der Waals surface area contributed by atoms with E-state index < -0.39 is 0 Å². The average Bonchev–Trinajstić information content (AvgIpc) is 3.09. The van der Waals surface area contributed by atoms with Crippen molar-refractivity contribution in [1.29, 1.82) is 0 Å². The highest BCUT2D eigenvalue weighted by atomic mass is 32.1. The van der Waals surface area contributed by atoms with Crippen molar-refractivity contribution < 1.29 is 4.79 Å². The zero-order valence-corrected chi connectivity index (χ0v) is 13.4. The van der Waals surface area contributed by atoms with Gasteiger partial charge in [-0.05, 0) is 57.2 Å². The van der Waals surface area contributed by atoms with Crippen LogP contribution in [-0.4, -0.2) is 22.2 Å². The van der Waals surface area contributed by atoms with Crippen LogP contribution in [0.5, 0.6) is 0 Å². The topological polar surface area (TPSA) is 46.9 Å². The molecular weight excluding hydrogens is 282 g/mol. The molecule has 5 heteroatoms. The number of aromatic nitrogens is 2. The Hall–Kier alpha value is -1.62. The second kappa shape index (κ2) is 6.02. The summed E-state index contributed by atoms with van der Waals surface area (Å²) in [6.07, 6.45) is 4.42. The molecule has 2 heterocycles. The first-order valence-corrected chi connectivity index (χ1v) is 8.36. The van der Waals surface area contributed by atoms with Crippen LogP contribution < -0.4 is 5.32 Å². The molecule has 0 atom stereocenters. The van der Waals surface area contributed by atoms with Crippen LogP contribution in [0.25, 0.3) is 0 Å². The summed E-state index contributed by atoms with van der Waals surface area (Å²) in [7, 11) is 0. The Balaban J connectivity index is 1.46. The van der Waals surface area contributed by atoms with Crippen LogP contribution >= 0.6 is 11.3 Å². The van der Waals surface area contributed by atoms with E-state index in [2.05, 4.69) is 29.5 Å². The number of fused-ring (bicyclic) bond motifs is 1. The molecule has 0 bridgehead atoms. The highest BCUT2D eigenvalue weighted by Crippen LogP contribution is 2.30. The first-order valence-electron chi connectivity index (χ1n) is 7.54. The number of carbonyl (C=O) groups excluding carboxylic acids is 1. The number of hydrogen-bond acceptors (Lipinski definition) is 3. The van der Waals surface area contributed by atoms with E-state index in [0.717, 1.165) is 36.4 Å². The minimum atomic E-state index is 0.0720. The van der Waals surface area contributed by atoms with Crippen molar-refractivity contribution >= 4 is 17.2 Å². The van der Waals surface area contributed by atoms with Gasteiger partial charge in [-0.25, -0.2) is 0 Å². The number of nitrogens with zero attached hydrogens (tertiary/aromatic N) is 2. The summed E-state index contributed by atoms with van der Waals surface area (Å²) in [5.74, 6) is 0.0720. The lowest BCUT2D eigenvalue weighted by atomic mass is 10.2. The summed E-state index contributed by atoms with van der Waals surface area (Å²) < 4.78 is 2.00. The number of thiophene rings is 1. The van der Waals surface area contributed by atoms with Gasteiger partial charge in [0.05, 0.1) is 10.6 Å². The fourth-order valence-electron chi connectivity index (χ4n) is 2.86. The van der Waals surface area contributed by atoms with E-state index in [9.17, 15) is 4.79 Å². The van der Waals surface area contributed by atoms with Gasteiger partial charge in [-0.2, -0.15) is 5.10 Å². The van der Waals surface area contributed by atoms with Crippen molar-refractivity contribution in [1.82, 2.24) is 15.1 Å². The highest BCUT2D eigenvalue weighted by molar-refractivity contribution is 7.14. The van der Waals surface area contributed by atoms with Crippen LogP contribution in [0.1, 0.15) is 44.3 Å². The molecule has 2 aromatic heterocycles. The first-order chi connectivity index (χ1) is 10.1. The summed E-state index contributed by atoms with van der Waals surface area (Å²) in [5, 5.41) is 7.44. The number of nitrogens with one attached hydrogen (secondary N) is 1. The quantitative estimate of drug-likeness (QED) is 0.863. The molecule has 112 valence electrons. The van der Waals surface area contributed by atoms with E-state index in [1.165, 1.54) is 22.6 Å². The van der Waals surface area contributed by atoms with Gasteiger partial charge in [-0.15, -0.1) is 11.3 Å². The number of aryl methyl sites for hydroxylation is 5. The smallest absolute Gasteiger partial charge is 0.261 e. The molecule has 0 aliphatic heterocycles. The molecule has 1 N–H and O–H groups in total. The van der Waals surface area contributed by atoms with Crippen LogP contribution in [0, 0.1) is 13.8 Å². The van der Waals surface area contributed by atoms with Gasteiger partial charge in [0, 0.05) is 23.7 Å². The molecule has 1 amide bonds. The minimum Gasteiger partial charge on any atom is -0.351 e. The molecule has 21 heavy (non-hydrogen) atoms. The van der Waals surface area contributed by atoms with E-state index in [0.29, 0.717) is 6.54 Å². The third-order valence-corrected chi connectivity index (χ3v) is 5.14. The Morgan fingerprint density at radius 2 is 2.24 bits per heavy atom. The molecule has 0 aromatic carbocycles. The molecule has 4 nitrogen and oxygen atoms in total. The molecule has 2 aromatic rings. The standard InChI is InChI=1S/C16H21N3OS/c1-11-9-12(2)19(18-11)8-4-7-17-16(20)15-10-13-5-3-6-14(13)21-15/h9-10H,3-8H2,1-2H3,(H,17,20). The Labute approximate surface area is 129 Å². The normalized spacial score (nSPS) is 13.4. The van der Waals surface area contributed by atoms with E-state index >= 15 is 0 Å². The first kappa shape index (κ1) is 14.3. The lowest BCUT2D eigenvalue weighted by Gasteiger charge is -2.05. The molecule has 0 saturated heterocycles. The zero-order valence-electron chi connectivity index (χ0n) is 12.6. The third-order valence-electron chi connectivity index (χ3n) is 3.91. The largest absolute Gasteiger partial charge is 0.351 e. The summed E-state index contributed by atoms with van der Waals surface area (Å²) in [4.78, 5) is 14.4. The summed E-state index contributed by atoms with van der Waals surface area (Å²) in [5.41, 5.74) is 3.60. The molecule has 1 aliphatic rings. The summed E-state index contributed by atoms with van der Waals surface area (Å²) in [6, 6.07) is 4.15. The van der Waals surface area contributed by atoms with E-state index in [-0.39, 0.29) is 5.91 Å². The fraction of sp³-hybridized carbons (Fsp3) is 0.500. The lowest BCUT2D eigenvalue weighted by molar-refractivity contribution is 0.0956. The second-order valence-electron chi connectivity index (χ2n) is 5.67. The predicted octanol–water partition coefficient (Wildman–Crippen LogP) is 2.87. The van der Waals surface area contributed by atoms with Crippen LogP contribution in [0.3, 0.4) is 0 Å². The molecule has 3 rings (SSSR count). The van der Waals surface area contributed by atoms with Crippen molar-refractivity contribution in [3.05, 3.63) is 38.8 Å². The van der Waals surface area contributed by atoms with Crippen molar-refractivity contribution in [2.45, 2.75) is 46.1 Å². The van der Waals surface area contributed by atoms with Gasteiger partial charge in [0.2, 0.25) is 0 Å². The molecular formula is C16H21N3OS. The lowest BCUT2D eigenvalue weighted by Crippen LogP contribution is -2.24. The van der Waals surface area contributed by atoms with E-state index in [4.69, 9.17) is 0 Å². The molecule has 0 unspecified atom stereocenters. The van der Waals surface area contributed by atoms with Gasteiger partial charge in [-0.1, -0.05) is 0 Å². The number of carbonyl (C=O) groups is 1. The van der Waals surface area contributed by atoms with Gasteiger partial charge < -0.3 is 5.32 Å². The van der Waals surface area contributed by atoms with E-state index in [1.807, 2.05) is 11.6 Å². The second-order valence-corrected chi connectivity index (χ2v) is 6.81. The van der Waals surface area contributed by atoms with Gasteiger partial charge in [0.25, 0.3) is 5.91 Å². The molecule has 0 radical (unpaired) electrons. The van der Waals surface area contributed by atoms with Gasteiger partial charge in [-0.3, -0.25) is 9.48 Å². The van der Waals surface area contributed by atoms with Gasteiger partial charge in [0.1, 0.15) is 0 Å². The number of rotatable bonds is 5. The van der Waals surface area contributed by atoms with Crippen LogP contribution in [0.4, 0.5) is 0 Å². The van der Waals surface area contributed by atoms with Crippen LogP contribution in [-0.2, 0) is 19.4 Å².